The van der Waals surface area contributed by atoms with Crippen molar-refractivity contribution in [2.75, 3.05) is 13.2 Å². The van der Waals surface area contributed by atoms with Crippen molar-refractivity contribution >= 4 is 22.9 Å². The minimum atomic E-state index is -0.343. The van der Waals surface area contributed by atoms with Crippen molar-refractivity contribution in [3.63, 3.8) is 0 Å². The smallest absolute Gasteiger partial charge is 0.306 e. The maximum absolute atomic E-state index is 11.6. The first-order valence-electron chi connectivity index (χ1n) is 7.05. The molecular formula is C15H19N3O3. The number of nitrogens with zero attached hydrogens (tertiary/aromatic N) is 1. The number of imidazole rings is 1. The normalized spacial score (nSPS) is 10.5. The zero-order valence-corrected chi connectivity index (χ0v) is 12.0. The van der Waals surface area contributed by atoms with E-state index in [9.17, 15) is 9.59 Å². The summed E-state index contributed by atoms with van der Waals surface area (Å²) >= 11 is 0. The zero-order valence-electron chi connectivity index (χ0n) is 12.0. The van der Waals surface area contributed by atoms with Crippen LogP contribution < -0.4 is 5.32 Å². The standard InChI is InChI=1S/C15H19N3O3/c1-2-21-15(20)8-7-14(19)16-10-9-13-17-11-5-3-4-6-12(11)18-13/h3-6H,2,7-10H2,1H3,(H,16,19)(H,17,18). The predicted molar refractivity (Wildman–Crippen MR) is 78.7 cm³/mol. The highest BCUT2D eigenvalue weighted by Gasteiger charge is 2.07. The third-order valence-corrected chi connectivity index (χ3v) is 2.98. The maximum Gasteiger partial charge on any atom is 0.306 e. The molecule has 112 valence electrons. The Bertz CT molecular complexity index is 588. The van der Waals surface area contributed by atoms with E-state index < -0.39 is 0 Å². The van der Waals surface area contributed by atoms with Crippen LogP contribution in [0.2, 0.25) is 0 Å². The lowest BCUT2D eigenvalue weighted by molar-refractivity contribution is -0.144. The molecule has 0 unspecified atom stereocenters. The monoisotopic (exact) mass is 289 g/mol. The molecule has 2 N–H and O–H groups in total. The Kier molecular flexibility index (Phi) is 5.31. The third kappa shape index (κ3) is 4.59. The van der Waals surface area contributed by atoms with Crippen LogP contribution in [-0.4, -0.2) is 35.0 Å². The number of carbonyl (C=O) groups excluding carboxylic acids is 2. The van der Waals surface area contributed by atoms with E-state index in [0.717, 1.165) is 16.9 Å². The summed E-state index contributed by atoms with van der Waals surface area (Å²) in [6.45, 7) is 2.57. The predicted octanol–water partition coefficient (Wildman–Crippen LogP) is 1.56. The molecule has 0 atom stereocenters. The van der Waals surface area contributed by atoms with E-state index in [-0.39, 0.29) is 24.7 Å². The highest BCUT2D eigenvalue weighted by atomic mass is 16.5. The number of nitrogens with one attached hydrogen (secondary N) is 2. The number of aromatic amines is 1. The van der Waals surface area contributed by atoms with E-state index in [0.29, 0.717) is 19.6 Å². The number of esters is 1. The molecule has 21 heavy (non-hydrogen) atoms. The van der Waals surface area contributed by atoms with Crippen LogP contribution >= 0.6 is 0 Å². The van der Waals surface area contributed by atoms with E-state index in [1.165, 1.54) is 0 Å². The van der Waals surface area contributed by atoms with E-state index in [4.69, 9.17) is 4.74 Å². The molecule has 2 aromatic rings. The van der Waals surface area contributed by atoms with Gasteiger partial charge in [0.15, 0.2) is 0 Å². The van der Waals surface area contributed by atoms with E-state index in [2.05, 4.69) is 15.3 Å². The van der Waals surface area contributed by atoms with Crippen LogP contribution in [0.25, 0.3) is 11.0 Å². The molecule has 6 heteroatoms. The van der Waals surface area contributed by atoms with Crippen molar-refractivity contribution in [2.24, 2.45) is 0 Å². The minimum absolute atomic E-state index is 0.115. The molecule has 1 amide bonds. The molecule has 1 heterocycles. The molecule has 0 spiro atoms. The Hall–Kier alpha value is -2.37. The summed E-state index contributed by atoms with van der Waals surface area (Å²) in [5, 5.41) is 2.77. The van der Waals surface area contributed by atoms with E-state index in [1.807, 2.05) is 24.3 Å². The molecule has 0 radical (unpaired) electrons. The third-order valence-electron chi connectivity index (χ3n) is 2.98. The molecule has 0 aliphatic heterocycles. The number of amides is 1. The van der Waals surface area contributed by atoms with Gasteiger partial charge in [-0.25, -0.2) is 4.98 Å². The number of fused-ring (bicyclic) bond motifs is 1. The van der Waals surface area contributed by atoms with Crippen LogP contribution in [0.15, 0.2) is 24.3 Å². The topological polar surface area (TPSA) is 84.1 Å². The first-order valence-corrected chi connectivity index (χ1v) is 7.05. The molecule has 0 bridgehead atoms. The van der Waals surface area contributed by atoms with Crippen molar-refractivity contribution in [3.8, 4) is 0 Å². The van der Waals surface area contributed by atoms with Gasteiger partial charge in [0.2, 0.25) is 5.91 Å². The fourth-order valence-electron chi connectivity index (χ4n) is 1.98. The second-order valence-corrected chi connectivity index (χ2v) is 4.61. The number of hydrogen-bond acceptors (Lipinski definition) is 4. The van der Waals surface area contributed by atoms with Crippen molar-refractivity contribution < 1.29 is 14.3 Å². The van der Waals surface area contributed by atoms with Crippen LogP contribution in [0.5, 0.6) is 0 Å². The lowest BCUT2D eigenvalue weighted by atomic mass is 10.3. The lowest BCUT2D eigenvalue weighted by Gasteiger charge is -2.04. The average Bonchev–Trinajstić information content (AvgIpc) is 2.88. The number of carbonyl (C=O) groups is 2. The molecule has 1 aromatic heterocycles. The SMILES string of the molecule is CCOC(=O)CCC(=O)NCCc1nc2ccccc2[nH]1. The molecule has 0 aliphatic rings. The van der Waals surface area contributed by atoms with Crippen molar-refractivity contribution in [3.05, 3.63) is 30.1 Å². The van der Waals surface area contributed by atoms with Gasteiger partial charge in [-0.3, -0.25) is 9.59 Å². The number of para-hydroxylation sites is 2. The summed E-state index contributed by atoms with van der Waals surface area (Å²) in [7, 11) is 0. The number of benzene rings is 1. The number of H-pyrrole nitrogens is 1. The fourth-order valence-corrected chi connectivity index (χ4v) is 1.98. The van der Waals surface area contributed by atoms with Gasteiger partial charge in [0.05, 0.1) is 24.1 Å². The number of rotatable bonds is 7. The molecule has 6 nitrogen and oxygen atoms in total. The lowest BCUT2D eigenvalue weighted by Crippen LogP contribution is -2.26. The van der Waals surface area contributed by atoms with Crippen molar-refractivity contribution in [2.45, 2.75) is 26.2 Å². The first kappa shape index (κ1) is 15.0. The Morgan fingerprint density at radius 2 is 2.10 bits per heavy atom. The van der Waals surface area contributed by atoms with Crippen molar-refractivity contribution in [1.29, 1.82) is 0 Å². The van der Waals surface area contributed by atoms with E-state index >= 15 is 0 Å². The molecular weight excluding hydrogens is 270 g/mol. The molecule has 0 saturated carbocycles. The average molecular weight is 289 g/mol. The summed E-state index contributed by atoms with van der Waals surface area (Å²) in [5.41, 5.74) is 1.90. The Morgan fingerprint density at radius 1 is 1.29 bits per heavy atom. The fraction of sp³-hybridized carbons (Fsp3) is 0.400. The van der Waals surface area contributed by atoms with Gasteiger partial charge in [-0.2, -0.15) is 0 Å². The number of hydrogen-bond donors (Lipinski definition) is 2. The number of aromatic nitrogens is 2. The van der Waals surface area contributed by atoms with Gasteiger partial charge in [0.25, 0.3) is 0 Å². The highest BCUT2D eigenvalue weighted by molar-refractivity contribution is 5.81. The van der Waals surface area contributed by atoms with Crippen LogP contribution in [0, 0.1) is 0 Å². The molecule has 0 fully saturated rings. The largest absolute Gasteiger partial charge is 0.466 e. The first-order chi connectivity index (χ1) is 10.2. The van der Waals surface area contributed by atoms with Crippen LogP contribution in [0.4, 0.5) is 0 Å². The number of ether oxygens (including phenoxy) is 1. The summed E-state index contributed by atoms with van der Waals surface area (Å²) in [4.78, 5) is 30.3. The van der Waals surface area contributed by atoms with Gasteiger partial charge in [-0.15, -0.1) is 0 Å². The van der Waals surface area contributed by atoms with Gasteiger partial charge >= 0.3 is 5.97 Å². The van der Waals surface area contributed by atoms with Gasteiger partial charge in [0, 0.05) is 19.4 Å². The van der Waals surface area contributed by atoms with Gasteiger partial charge in [-0.1, -0.05) is 12.1 Å². The highest BCUT2D eigenvalue weighted by Crippen LogP contribution is 2.10. The van der Waals surface area contributed by atoms with Crippen LogP contribution in [-0.2, 0) is 20.7 Å². The van der Waals surface area contributed by atoms with Gasteiger partial charge in [-0.05, 0) is 19.1 Å². The molecule has 1 aromatic carbocycles. The molecule has 2 rings (SSSR count). The van der Waals surface area contributed by atoms with Crippen molar-refractivity contribution in [1.82, 2.24) is 15.3 Å². The Morgan fingerprint density at radius 3 is 2.86 bits per heavy atom. The zero-order chi connectivity index (χ0) is 15.1. The van der Waals surface area contributed by atoms with Gasteiger partial charge < -0.3 is 15.0 Å². The van der Waals surface area contributed by atoms with Gasteiger partial charge in [0.1, 0.15) is 5.82 Å². The van der Waals surface area contributed by atoms with Crippen LogP contribution in [0.1, 0.15) is 25.6 Å². The van der Waals surface area contributed by atoms with E-state index in [1.54, 1.807) is 6.92 Å². The molecule has 0 aliphatic carbocycles. The summed E-state index contributed by atoms with van der Waals surface area (Å²) in [6, 6.07) is 7.78. The summed E-state index contributed by atoms with van der Waals surface area (Å²) in [6.07, 6.45) is 0.892. The summed E-state index contributed by atoms with van der Waals surface area (Å²) in [5.74, 6) is 0.339. The maximum atomic E-state index is 11.6. The van der Waals surface area contributed by atoms with Crippen LogP contribution in [0.3, 0.4) is 0 Å². The second kappa shape index (κ2) is 7.42. The Balaban J connectivity index is 1.71. The second-order valence-electron chi connectivity index (χ2n) is 4.61. The Labute approximate surface area is 122 Å². The quantitative estimate of drug-likeness (QED) is 0.758. The summed E-state index contributed by atoms with van der Waals surface area (Å²) < 4.78 is 4.77. The minimum Gasteiger partial charge on any atom is -0.466 e. The molecule has 0 saturated heterocycles.